The van der Waals surface area contributed by atoms with Crippen molar-refractivity contribution >= 4 is 56.5 Å². The normalized spacial score (nSPS) is 17.8. The number of amides is 4. The van der Waals surface area contributed by atoms with Crippen LogP contribution in [0.15, 0.2) is 60.8 Å². The van der Waals surface area contributed by atoms with E-state index in [-0.39, 0.29) is 36.5 Å². The summed E-state index contributed by atoms with van der Waals surface area (Å²) < 4.78 is 5.99. The molecular formula is C30H30N6O4S. The number of anilines is 3. The van der Waals surface area contributed by atoms with Gasteiger partial charge in [-0.05, 0) is 75.2 Å². The van der Waals surface area contributed by atoms with Crippen molar-refractivity contribution in [2.24, 2.45) is 0 Å². The molecule has 0 radical (unpaired) electrons. The van der Waals surface area contributed by atoms with Gasteiger partial charge in [0.25, 0.3) is 5.91 Å². The van der Waals surface area contributed by atoms with E-state index in [9.17, 15) is 14.4 Å². The van der Waals surface area contributed by atoms with Crippen LogP contribution in [-0.4, -0.2) is 48.5 Å². The van der Waals surface area contributed by atoms with Crippen LogP contribution in [0.4, 0.5) is 21.9 Å². The highest BCUT2D eigenvalue weighted by atomic mass is 32.1. The number of hydrogen-bond donors (Lipinski definition) is 4. The lowest BCUT2D eigenvalue weighted by molar-refractivity contribution is -0.120. The summed E-state index contributed by atoms with van der Waals surface area (Å²) in [5.74, 6) is 0.941. The zero-order chi connectivity index (χ0) is 28.5. The van der Waals surface area contributed by atoms with Crippen LogP contribution in [-0.2, 0) is 4.79 Å². The quantitative estimate of drug-likeness (QED) is 0.235. The van der Waals surface area contributed by atoms with E-state index in [1.807, 2.05) is 55.5 Å². The summed E-state index contributed by atoms with van der Waals surface area (Å²) in [4.78, 5) is 46.7. The van der Waals surface area contributed by atoms with Gasteiger partial charge in [0.2, 0.25) is 5.91 Å². The second kappa shape index (κ2) is 11.2. The van der Waals surface area contributed by atoms with Crippen LogP contribution in [0.25, 0.3) is 10.2 Å². The summed E-state index contributed by atoms with van der Waals surface area (Å²) in [6, 6.07) is 16.0. The maximum Gasteiger partial charge on any atom is 0.331 e. The van der Waals surface area contributed by atoms with Crippen LogP contribution in [0.5, 0.6) is 11.5 Å². The Kier molecular flexibility index (Phi) is 7.29. The van der Waals surface area contributed by atoms with E-state index in [4.69, 9.17) is 4.74 Å². The number of ether oxygens (including phenoxy) is 1. The van der Waals surface area contributed by atoms with Gasteiger partial charge in [0, 0.05) is 18.3 Å². The standard InChI is InChI=1S/C30H30N6O4S/c1-17-15-19(40-18-7-4-3-5-8-18)11-12-23(17)36-26-25-22(35-30(36)39)13-14-32-29(25)41-27(26)28(38)34-21-10-6-9-20(21)33-24(37)16-31-2/h3-5,7-8,11-15,20-21,31H,6,9-10,16H2,1-2H3,(H,33,37)(H,34,38)(H,35,39)/t20-,21+/m0/s1. The minimum absolute atomic E-state index is 0.109. The fraction of sp³-hybridized carbons (Fsp3) is 0.267. The molecule has 4 aromatic rings. The van der Waals surface area contributed by atoms with Crippen molar-refractivity contribution in [1.29, 1.82) is 0 Å². The first-order valence-electron chi connectivity index (χ1n) is 13.5. The average Bonchev–Trinajstić information content (AvgIpc) is 3.55. The van der Waals surface area contributed by atoms with Gasteiger partial charge in [0.05, 0.1) is 29.0 Å². The molecule has 4 amide bonds. The molecule has 0 bridgehead atoms. The number of benzene rings is 2. The van der Waals surface area contributed by atoms with Gasteiger partial charge >= 0.3 is 6.03 Å². The molecule has 210 valence electrons. The van der Waals surface area contributed by atoms with Crippen LogP contribution in [0.2, 0.25) is 0 Å². The third kappa shape index (κ3) is 5.21. The Morgan fingerprint density at radius 1 is 1.07 bits per heavy atom. The van der Waals surface area contributed by atoms with Gasteiger partial charge in [0.1, 0.15) is 21.2 Å². The molecule has 2 aliphatic rings. The number of hydrogen-bond acceptors (Lipinski definition) is 7. The predicted molar refractivity (Wildman–Crippen MR) is 159 cm³/mol. The molecule has 10 nitrogen and oxygen atoms in total. The van der Waals surface area contributed by atoms with Gasteiger partial charge < -0.3 is 26.0 Å². The molecular weight excluding hydrogens is 540 g/mol. The zero-order valence-electron chi connectivity index (χ0n) is 22.7. The number of nitrogens with zero attached hydrogens (tertiary/aromatic N) is 2. The Labute approximate surface area is 241 Å². The summed E-state index contributed by atoms with van der Waals surface area (Å²) in [6.45, 7) is 2.12. The van der Waals surface area contributed by atoms with Crippen molar-refractivity contribution in [3.63, 3.8) is 0 Å². The molecule has 11 heteroatoms. The van der Waals surface area contributed by atoms with E-state index in [1.54, 1.807) is 24.2 Å². The van der Waals surface area contributed by atoms with E-state index in [0.717, 1.165) is 30.2 Å². The molecule has 3 heterocycles. The van der Waals surface area contributed by atoms with Gasteiger partial charge in [-0.25, -0.2) is 9.78 Å². The van der Waals surface area contributed by atoms with E-state index in [2.05, 4.69) is 26.3 Å². The van der Waals surface area contributed by atoms with Crippen LogP contribution in [0, 0.1) is 6.92 Å². The van der Waals surface area contributed by atoms with Crippen LogP contribution in [0.3, 0.4) is 0 Å². The summed E-state index contributed by atoms with van der Waals surface area (Å²) in [5.41, 5.74) is 2.54. The average molecular weight is 571 g/mol. The number of thiophene rings is 1. The van der Waals surface area contributed by atoms with Gasteiger partial charge in [-0.15, -0.1) is 11.3 Å². The number of nitrogens with one attached hydrogen (secondary N) is 4. The molecule has 0 unspecified atom stereocenters. The van der Waals surface area contributed by atoms with Gasteiger partial charge in [-0.3, -0.25) is 14.5 Å². The van der Waals surface area contributed by atoms with Crippen molar-refractivity contribution in [3.05, 3.63) is 71.2 Å². The molecule has 41 heavy (non-hydrogen) atoms. The first kappa shape index (κ1) is 26.7. The minimum atomic E-state index is -0.365. The fourth-order valence-corrected chi connectivity index (χ4v) is 6.56. The number of urea groups is 1. The Hall–Kier alpha value is -4.48. The summed E-state index contributed by atoms with van der Waals surface area (Å²) in [6.07, 6.45) is 4.06. The number of carbonyl (C=O) groups excluding carboxylic acids is 3. The van der Waals surface area contributed by atoms with Crippen molar-refractivity contribution < 1.29 is 19.1 Å². The molecule has 0 saturated heterocycles. The predicted octanol–water partition coefficient (Wildman–Crippen LogP) is 5.07. The number of rotatable bonds is 8. The minimum Gasteiger partial charge on any atom is -0.457 e. The smallest absolute Gasteiger partial charge is 0.331 e. The lowest BCUT2D eigenvalue weighted by atomic mass is 10.1. The number of carbonyl (C=O) groups is 3. The number of aryl methyl sites for hydroxylation is 1. The van der Waals surface area contributed by atoms with Gasteiger partial charge in [-0.1, -0.05) is 18.2 Å². The molecule has 4 N–H and O–H groups in total. The molecule has 1 saturated carbocycles. The van der Waals surface area contributed by atoms with E-state index < -0.39 is 0 Å². The highest BCUT2D eigenvalue weighted by molar-refractivity contribution is 7.21. The lowest BCUT2D eigenvalue weighted by Crippen LogP contribution is -2.50. The van der Waals surface area contributed by atoms with Gasteiger partial charge in [-0.2, -0.15) is 0 Å². The fourth-order valence-electron chi connectivity index (χ4n) is 5.51. The molecule has 1 aliphatic heterocycles. The third-order valence-electron chi connectivity index (χ3n) is 7.35. The van der Waals surface area contributed by atoms with Crippen molar-refractivity contribution in [2.45, 2.75) is 38.3 Å². The monoisotopic (exact) mass is 570 g/mol. The largest absolute Gasteiger partial charge is 0.457 e. The number of aromatic nitrogens is 1. The van der Waals surface area contributed by atoms with Crippen molar-refractivity contribution in [1.82, 2.24) is 20.9 Å². The highest BCUT2D eigenvalue weighted by Gasteiger charge is 2.37. The van der Waals surface area contributed by atoms with E-state index in [0.29, 0.717) is 38.3 Å². The number of para-hydroxylation sites is 1. The molecule has 2 aromatic carbocycles. The lowest BCUT2D eigenvalue weighted by Gasteiger charge is -2.30. The third-order valence-corrected chi connectivity index (χ3v) is 8.43. The van der Waals surface area contributed by atoms with Crippen LogP contribution < -0.4 is 30.9 Å². The zero-order valence-corrected chi connectivity index (χ0v) is 23.5. The van der Waals surface area contributed by atoms with Crippen LogP contribution >= 0.6 is 11.3 Å². The topological polar surface area (TPSA) is 125 Å². The van der Waals surface area contributed by atoms with E-state index in [1.165, 1.54) is 11.3 Å². The Bertz CT molecular complexity index is 1640. The summed E-state index contributed by atoms with van der Waals surface area (Å²) in [7, 11) is 1.72. The Morgan fingerprint density at radius 2 is 1.85 bits per heavy atom. The Balaban J connectivity index is 1.34. The second-order valence-electron chi connectivity index (χ2n) is 10.2. The first-order valence-corrected chi connectivity index (χ1v) is 14.4. The number of pyridine rings is 1. The maximum absolute atomic E-state index is 13.8. The molecule has 1 aliphatic carbocycles. The summed E-state index contributed by atoms with van der Waals surface area (Å²) >= 11 is 1.25. The van der Waals surface area contributed by atoms with E-state index >= 15 is 0 Å². The van der Waals surface area contributed by atoms with Crippen molar-refractivity contribution in [3.8, 4) is 11.5 Å². The summed E-state index contributed by atoms with van der Waals surface area (Å²) in [5, 5.41) is 12.7. The molecule has 1 fully saturated rings. The van der Waals surface area contributed by atoms with Crippen molar-refractivity contribution in [2.75, 3.05) is 23.8 Å². The number of likely N-dealkylation sites (N-methyl/N-ethyl adjacent to an activating group) is 1. The van der Waals surface area contributed by atoms with Gasteiger partial charge in [0.15, 0.2) is 0 Å². The molecule has 2 atom stereocenters. The second-order valence-corrected chi connectivity index (χ2v) is 11.2. The molecule has 6 rings (SSSR count). The maximum atomic E-state index is 13.8. The molecule has 2 aromatic heterocycles. The SMILES string of the molecule is CNCC(=O)N[C@H]1CCC[C@H]1NC(=O)c1sc2nccc3c2c1N(c1ccc(Oc2ccccc2)cc1C)C(=O)N3. The van der Waals surface area contributed by atoms with Crippen LogP contribution in [0.1, 0.15) is 34.5 Å². The Morgan fingerprint density at radius 3 is 2.61 bits per heavy atom. The molecule has 0 spiro atoms. The first-order chi connectivity index (χ1) is 19.9. The highest BCUT2D eigenvalue weighted by Crippen LogP contribution is 2.47.